The van der Waals surface area contributed by atoms with Crippen LogP contribution in [0, 0.1) is 12.8 Å². The molecule has 3 heterocycles. The van der Waals surface area contributed by atoms with Gasteiger partial charge in [0.05, 0.1) is 5.52 Å². The van der Waals surface area contributed by atoms with Crippen molar-refractivity contribution in [1.82, 2.24) is 15.2 Å². The Hall–Kier alpha value is -2.63. The molecule has 3 aromatic rings. The number of likely N-dealkylation sites (tertiary alicyclic amines) is 1. The SMILES string of the molecule is Cc1ccc2c(OCCN3CCC(Cc4cccc(N5CCN[C@H](C)C5)c4)CC3)cccc2n1. The number of anilines is 1. The average molecular weight is 459 g/mol. The Bertz CT molecular complexity index is 1090. The number of hydrogen-bond acceptors (Lipinski definition) is 5. The summed E-state index contributed by atoms with van der Waals surface area (Å²) in [4.78, 5) is 9.70. The van der Waals surface area contributed by atoms with Gasteiger partial charge in [-0.3, -0.25) is 9.88 Å². The van der Waals surface area contributed by atoms with E-state index in [4.69, 9.17) is 4.74 Å². The van der Waals surface area contributed by atoms with Gasteiger partial charge in [-0.05, 0) is 94.1 Å². The number of nitrogens with zero attached hydrogens (tertiary/aromatic N) is 3. The van der Waals surface area contributed by atoms with Gasteiger partial charge in [0.2, 0.25) is 0 Å². The molecule has 0 radical (unpaired) electrons. The minimum absolute atomic E-state index is 0.562. The van der Waals surface area contributed by atoms with E-state index in [0.29, 0.717) is 6.04 Å². The summed E-state index contributed by atoms with van der Waals surface area (Å²) >= 11 is 0. The van der Waals surface area contributed by atoms with Crippen LogP contribution in [-0.4, -0.2) is 61.8 Å². The number of pyridine rings is 1. The molecule has 5 heteroatoms. The number of benzene rings is 2. The zero-order valence-electron chi connectivity index (χ0n) is 20.7. The molecular formula is C29H38N4O. The molecular weight excluding hydrogens is 420 g/mol. The Morgan fingerprint density at radius 1 is 1.03 bits per heavy atom. The smallest absolute Gasteiger partial charge is 0.128 e. The van der Waals surface area contributed by atoms with Crippen LogP contribution in [0.25, 0.3) is 10.9 Å². The predicted octanol–water partition coefficient (Wildman–Crippen LogP) is 4.67. The van der Waals surface area contributed by atoms with Crippen LogP contribution in [0.1, 0.15) is 31.0 Å². The van der Waals surface area contributed by atoms with E-state index in [9.17, 15) is 0 Å². The summed E-state index contributed by atoms with van der Waals surface area (Å²) in [7, 11) is 0. The Kier molecular flexibility index (Phi) is 7.31. The normalized spacial score (nSPS) is 20.1. The number of piperidine rings is 1. The van der Waals surface area contributed by atoms with Crippen LogP contribution in [0.2, 0.25) is 0 Å². The number of rotatable bonds is 7. The highest BCUT2D eigenvalue weighted by molar-refractivity contribution is 5.85. The van der Waals surface area contributed by atoms with Crippen molar-refractivity contribution in [2.24, 2.45) is 5.92 Å². The number of hydrogen-bond donors (Lipinski definition) is 1. The summed E-state index contributed by atoms with van der Waals surface area (Å²) in [6.07, 6.45) is 3.74. The molecule has 0 bridgehead atoms. The molecule has 1 aromatic heterocycles. The summed E-state index contributed by atoms with van der Waals surface area (Å²) in [6.45, 7) is 11.6. The summed E-state index contributed by atoms with van der Waals surface area (Å²) in [5.74, 6) is 1.72. The van der Waals surface area contributed by atoms with E-state index >= 15 is 0 Å². The van der Waals surface area contributed by atoms with E-state index in [2.05, 4.69) is 75.6 Å². The fourth-order valence-corrected chi connectivity index (χ4v) is 5.43. The van der Waals surface area contributed by atoms with Crippen LogP contribution in [0.15, 0.2) is 54.6 Å². The highest BCUT2D eigenvalue weighted by atomic mass is 16.5. The zero-order chi connectivity index (χ0) is 23.3. The number of nitrogens with one attached hydrogen (secondary N) is 1. The van der Waals surface area contributed by atoms with Crippen molar-refractivity contribution >= 4 is 16.6 Å². The van der Waals surface area contributed by atoms with Crippen molar-refractivity contribution in [3.05, 3.63) is 65.9 Å². The minimum atomic E-state index is 0.562. The molecule has 2 aliphatic rings. The van der Waals surface area contributed by atoms with Crippen molar-refractivity contribution in [3.8, 4) is 5.75 Å². The van der Waals surface area contributed by atoms with Crippen LogP contribution >= 0.6 is 0 Å². The van der Waals surface area contributed by atoms with Gasteiger partial charge < -0.3 is 15.0 Å². The first kappa shape index (κ1) is 23.1. The van der Waals surface area contributed by atoms with Gasteiger partial charge in [-0.2, -0.15) is 0 Å². The Morgan fingerprint density at radius 2 is 1.88 bits per heavy atom. The van der Waals surface area contributed by atoms with Gasteiger partial charge in [0.15, 0.2) is 0 Å². The molecule has 0 unspecified atom stereocenters. The van der Waals surface area contributed by atoms with Crippen LogP contribution in [0.4, 0.5) is 5.69 Å². The molecule has 5 rings (SSSR count). The number of aromatic nitrogens is 1. The standard InChI is InChI=1S/C29H38N4O/c1-22-9-10-27-28(31-22)7-4-8-29(27)34-18-17-32-14-11-24(12-15-32)19-25-5-3-6-26(20-25)33-16-13-30-23(2)21-33/h3-10,20,23-24,30H,11-19,21H2,1-2H3/t23-/m1/s1. The lowest BCUT2D eigenvalue weighted by atomic mass is 9.90. The third-order valence-electron chi connectivity index (χ3n) is 7.37. The van der Waals surface area contributed by atoms with Crippen molar-refractivity contribution in [2.75, 3.05) is 50.8 Å². The first-order valence-corrected chi connectivity index (χ1v) is 12.9. The molecule has 34 heavy (non-hydrogen) atoms. The van der Waals surface area contributed by atoms with E-state index in [1.165, 1.54) is 43.6 Å². The Balaban J connectivity index is 1.08. The number of fused-ring (bicyclic) bond motifs is 1. The van der Waals surface area contributed by atoms with Crippen molar-refractivity contribution in [2.45, 2.75) is 39.2 Å². The monoisotopic (exact) mass is 458 g/mol. The van der Waals surface area contributed by atoms with Crippen LogP contribution in [0.5, 0.6) is 5.75 Å². The molecule has 0 aliphatic carbocycles. The minimum Gasteiger partial charge on any atom is -0.492 e. The van der Waals surface area contributed by atoms with E-state index < -0.39 is 0 Å². The second-order valence-corrected chi connectivity index (χ2v) is 10.1. The highest BCUT2D eigenvalue weighted by Crippen LogP contribution is 2.26. The van der Waals surface area contributed by atoms with E-state index in [1.807, 2.05) is 13.0 Å². The molecule has 2 fully saturated rings. The summed E-state index contributed by atoms with van der Waals surface area (Å²) in [5.41, 5.74) is 4.93. The summed E-state index contributed by atoms with van der Waals surface area (Å²) in [6, 6.07) is 20.1. The van der Waals surface area contributed by atoms with E-state index in [0.717, 1.165) is 61.1 Å². The zero-order valence-corrected chi connectivity index (χ0v) is 20.7. The maximum Gasteiger partial charge on any atom is 0.128 e. The van der Waals surface area contributed by atoms with Crippen LogP contribution < -0.4 is 15.0 Å². The second-order valence-electron chi connectivity index (χ2n) is 10.1. The maximum atomic E-state index is 6.17. The lowest BCUT2D eigenvalue weighted by molar-refractivity contribution is 0.155. The fraction of sp³-hybridized carbons (Fsp3) is 0.483. The van der Waals surface area contributed by atoms with E-state index in [-0.39, 0.29) is 0 Å². The molecule has 2 aliphatic heterocycles. The summed E-state index contributed by atoms with van der Waals surface area (Å²) in [5, 5.41) is 4.64. The average Bonchev–Trinajstić information content (AvgIpc) is 2.85. The Labute approximate surface area is 204 Å². The molecule has 1 N–H and O–H groups in total. The van der Waals surface area contributed by atoms with Gasteiger partial charge in [-0.15, -0.1) is 0 Å². The lowest BCUT2D eigenvalue weighted by Gasteiger charge is -2.34. The molecule has 5 nitrogen and oxygen atoms in total. The van der Waals surface area contributed by atoms with Crippen molar-refractivity contribution < 1.29 is 4.74 Å². The van der Waals surface area contributed by atoms with E-state index in [1.54, 1.807) is 0 Å². The van der Waals surface area contributed by atoms with Gasteiger partial charge in [0.25, 0.3) is 0 Å². The lowest BCUT2D eigenvalue weighted by Crippen LogP contribution is -2.49. The second kappa shape index (κ2) is 10.7. The largest absolute Gasteiger partial charge is 0.492 e. The predicted molar refractivity (Wildman–Crippen MR) is 141 cm³/mol. The van der Waals surface area contributed by atoms with Crippen LogP contribution in [-0.2, 0) is 6.42 Å². The molecule has 0 spiro atoms. The molecule has 0 amide bonds. The van der Waals surface area contributed by atoms with Gasteiger partial charge in [0, 0.05) is 49.0 Å². The number of piperazine rings is 1. The quantitative estimate of drug-likeness (QED) is 0.557. The molecule has 0 saturated carbocycles. The maximum absolute atomic E-state index is 6.17. The van der Waals surface area contributed by atoms with Crippen molar-refractivity contribution in [3.63, 3.8) is 0 Å². The van der Waals surface area contributed by atoms with Gasteiger partial charge >= 0.3 is 0 Å². The van der Waals surface area contributed by atoms with Gasteiger partial charge in [-0.1, -0.05) is 18.2 Å². The molecule has 180 valence electrons. The van der Waals surface area contributed by atoms with Gasteiger partial charge in [0.1, 0.15) is 12.4 Å². The Morgan fingerprint density at radius 3 is 2.74 bits per heavy atom. The number of ether oxygens (including phenoxy) is 1. The van der Waals surface area contributed by atoms with Crippen LogP contribution in [0.3, 0.4) is 0 Å². The fourth-order valence-electron chi connectivity index (χ4n) is 5.43. The van der Waals surface area contributed by atoms with Gasteiger partial charge in [-0.25, -0.2) is 0 Å². The summed E-state index contributed by atoms with van der Waals surface area (Å²) < 4.78 is 6.17. The first-order valence-electron chi connectivity index (χ1n) is 12.9. The molecule has 2 aromatic carbocycles. The van der Waals surface area contributed by atoms with Crippen molar-refractivity contribution in [1.29, 1.82) is 0 Å². The highest BCUT2D eigenvalue weighted by Gasteiger charge is 2.21. The number of aryl methyl sites for hydroxylation is 1. The third kappa shape index (κ3) is 5.70. The topological polar surface area (TPSA) is 40.6 Å². The molecule has 2 saturated heterocycles. The third-order valence-corrected chi connectivity index (χ3v) is 7.37. The molecule has 1 atom stereocenters. The first-order chi connectivity index (χ1) is 16.6.